The molecule has 0 radical (unpaired) electrons. The number of benzene rings is 1. The van der Waals surface area contributed by atoms with Crippen molar-refractivity contribution < 1.29 is 9.53 Å². The van der Waals surface area contributed by atoms with Crippen molar-refractivity contribution in [2.45, 2.75) is 39.7 Å². The van der Waals surface area contributed by atoms with Gasteiger partial charge in [0.2, 0.25) is 0 Å². The van der Waals surface area contributed by atoms with E-state index in [1.807, 2.05) is 18.2 Å². The van der Waals surface area contributed by atoms with Crippen molar-refractivity contribution >= 4 is 5.97 Å². The van der Waals surface area contributed by atoms with Crippen molar-refractivity contribution in [2.24, 2.45) is 5.41 Å². The first kappa shape index (κ1) is 12.9. The molecular weight excluding hydrogens is 224 g/mol. The molecule has 0 heterocycles. The minimum atomic E-state index is -0.234. The Morgan fingerprint density at radius 1 is 1.28 bits per heavy atom. The lowest BCUT2D eigenvalue weighted by atomic mass is 9.76. The summed E-state index contributed by atoms with van der Waals surface area (Å²) in [5.74, 6) is -0.234. The van der Waals surface area contributed by atoms with Gasteiger partial charge in [0.25, 0.3) is 0 Å². The van der Waals surface area contributed by atoms with Crippen LogP contribution < -0.4 is 0 Å². The summed E-state index contributed by atoms with van der Waals surface area (Å²) in [5, 5.41) is 0. The Bertz CT molecular complexity index is 457. The molecule has 0 saturated heterocycles. The highest BCUT2D eigenvalue weighted by atomic mass is 16.5. The van der Waals surface area contributed by atoms with E-state index in [2.05, 4.69) is 26.8 Å². The molecule has 0 N–H and O–H groups in total. The predicted octanol–water partition coefficient (Wildman–Crippen LogP) is 3.98. The molecule has 0 spiro atoms. The summed E-state index contributed by atoms with van der Waals surface area (Å²) < 4.78 is 5.57. The van der Waals surface area contributed by atoms with Crippen LogP contribution in [0.4, 0.5) is 0 Å². The molecule has 1 aliphatic rings. The van der Waals surface area contributed by atoms with Crippen molar-refractivity contribution in [2.75, 3.05) is 0 Å². The molecule has 1 atom stereocenters. The summed E-state index contributed by atoms with van der Waals surface area (Å²) in [6.45, 7) is 6.53. The number of carbonyl (C=O) groups is 1. The largest absolute Gasteiger partial charge is 0.455 e. The van der Waals surface area contributed by atoms with Gasteiger partial charge in [-0.2, -0.15) is 0 Å². The van der Waals surface area contributed by atoms with E-state index in [4.69, 9.17) is 4.74 Å². The Kier molecular flexibility index (Phi) is 3.55. The fraction of sp³-hybridized carbons (Fsp3) is 0.438. The van der Waals surface area contributed by atoms with Gasteiger partial charge in [-0.3, -0.25) is 0 Å². The average molecular weight is 244 g/mol. The van der Waals surface area contributed by atoms with Gasteiger partial charge in [0.15, 0.2) is 0 Å². The van der Waals surface area contributed by atoms with Crippen LogP contribution in [0.3, 0.4) is 0 Å². The lowest BCUT2D eigenvalue weighted by Gasteiger charge is -2.33. The van der Waals surface area contributed by atoms with Crippen LogP contribution in [0, 0.1) is 5.41 Å². The fourth-order valence-corrected chi connectivity index (χ4v) is 2.66. The van der Waals surface area contributed by atoms with Crippen LogP contribution in [0.5, 0.6) is 0 Å². The van der Waals surface area contributed by atoms with Crippen LogP contribution in [0.1, 0.15) is 44.0 Å². The van der Waals surface area contributed by atoms with E-state index >= 15 is 0 Å². The summed E-state index contributed by atoms with van der Waals surface area (Å²) >= 11 is 0. The maximum atomic E-state index is 12.0. The number of rotatable bonds is 2. The van der Waals surface area contributed by atoms with E-state index in [-0.39, 0.29) is 17.5 Å². The normalized spacial score (nSPS) is 22.2. The summed E-state index contributed by atoms with van der Waals surface area (Å²) in [7, 11) is 0. The number of hydrogen-bond donors (Lipinski definition) is 0. The van der Waals surface area contributed by atoms with E-state index in [9.17, 15) is 4.79 Å². The van der Waals surface area contributed by atoms with Crippen molar-refractivity contribution in [3.63, 3.8) is 0 Å². The zero-order valence-corrected chi connectivity index (χ0v) is 11.3. The van der Waals surface area contributed by atoms with E-state index in [1.165, 1.54) is 5.57 Å². The van der Waals surface area contributed by atoms with Gasteiger partial charge in [-0.15, -0.1) is 0 Å². The topological polar surface area (TPSA) is 26.3 Å². The average Bonchev–Trinajstić information content (AvgIpc) is 2.27. The summed E-state index contributed by atoms with van der Waals surface area (Å²) in [6.07, 6.45) is 3.95. The van der Waals surface area contributed by atoms with Crippen molar-refractivity contribution in [1.82, 2.24) is 0 Å². The molecule has 1 aliphatic carbocycles. The fourth-order valence-electron chi connectivity index (χ4n) is 2.66. The molecule has 1 aromatic rings. The third kappa shape index (κ3) is 3.22. The van der Waals surface area contributed by atoms with Crippen molar-refractivity contribution in [1.29, 1.82) is 0 Å². The predicted molar refractivity (Wildman–Crippen MR) is 72.4 cm³/mol. The second-order valence-corrected chi connectivity index (χ2v) is 5.87. The molecule has 0 saturated carbocycles. The SMILES string of the molecule is CC1=CC(OC(=O)c2ccccc2)CC(C)(C)C1. The molecule has 0 bridgehead atoms. The minimum absolute atomic E-state index is 0.0959. The van der Waals surface area contributed by atoms with Gasteiger partial charge in [-0.05, 0) is 43.4 Å². The molecule has 1 unspecified atom stereocenters. The second-order valence-electron chi connectivity index (χ2n) is 5.87. The van der Waals surface area contributed by atoms with Crippen LogP contribution in [0.2, 0.25) is 0 Å². The van der Waals surface area contributed by atoms with E-state index < -0.39 is 0 Å². The van der Waals surface area contributed by atoms with E-state index in [1.54, 1.807) is 12.1 Å². The summed E-state index contributed by atoms with van der Waals surface area (Å²) in [5.41, 5.74) is 2.13. The minimum Gasteiger partial charge on any atom is -0.455 e. The Morgan fingerprint density at radius 3 is 2.56 bits per heavy atom. The molecule has 96 valence electrons. The first-order chi connectivity index (χ1) is 8.46. The van der Waals surface area contributed by atoms with Gasteiger partial charge in [-0.25, -0.2) is 4.79 Å². The molecule has 2 heteroatoms. The molecular formula is C16H20O2. The van der Waals surface area contributed by atoms with Gasteiger partial charge in [0.1, 0.15) is 6.10 Å². The summed E-state index contributed by atoms with van der Waals surface area (Å²) in [4.78, 5) is 12.0. The van der Waals surface area contributed by atoms with Gasteiger partial charge < -0.3 is 4.74 Å². The molecule has 0 fully saturated rings. The Morgan fingerprint density at radius 2 is 1.94 bits per heavy atom. The molecule has 18 heavy (non-hydrogen) atoms. The highest BCUT2D eigenvalue weighted by Gasteiger charge is 2.29. The zero-order chi connectivity index (χ0) is 13.2. The quantitative estimate of drug-likeness (QED) is 0.581. The maximum absolute atomic E-state index is 12.0. The molecule has 1 aromatic carbocycles. The third-order valence-corrected chi connectivity index (χ3v) is 3.25. The van der Waals surface area contributed by atoms with Crippen LogP contribution in [-0.2, 0) is 4.74 Å². The second kappa shape index (κ2) is 4.97. The Hall–Kier alpha value is -1.57. The van der Waals surface area contributed by atoms with E-state index in [0.29, 0.717) is 5.56 Å². The third-order valence-electron chi connectivity index (χ3n) is 3.25. The van der Waals surface area contributed by atoms with Gasteiger partial charge in [0, 0.05) is 0 Å². The monoisotopic (exact) mass is 244 g/mol. The Labute approximate surface area is 109 Å². The number of ether oxygens (including phenoxy) is 1. The number of hydrogen-bond acceptors (Lipinski definition) is 2. The molecule has 2 rings (SSSR count). The number of esters is 1. The van der Waals surface area contributed by atoms with Crippen LogP contribution in [0.15, 0.2) is 42.0 Å². The van der Waals surface area contributed by atoms with E-state index in [0.717, 1.165) is 12.8 Å². The first-order valence-corrected chi connectivity index (χ1v) is 6.40. The van der Waals surface area contributed by atoms with Gasteiger partial charge in [0.05, 0.1) is 5.56 Å². The number of allylic oxidation sites excluding steroid dienone is 1. The molecule has 2 nitrogen and oxygen atoms in total. The first-order valence-electron chi connectivity index (χ1n) is 6.40. The zero-order valence-electron chi connectivity index (χ0n) is 11.3. The van der Waals surface area contributed by atoms with Crippen molar-refractivity contribution in [3.05, 3.63) is 47.5 Å². The summed E-state index contributed by atoms with van der Waals surface area (Å²) in [6, 6.07) is 9.16. The smallest absolute Gasteiger partial charge is 0.338 e. The standard InChI is InChI=1S/C16H20O2/c1-12-9-14(11-16(2,3)10-12)18-15(17)13-7-5-4-6-8-13/h4-9,14H,10-11H2,1-3H3. The van der Waals surface area contributed by atoms with Gasteiger partial charge in [-0.1, -0.05) is 37.6 Å². The van der Waals surface area contributed by atoms with Crippen molar-refractivity contribution in [3.8, 4) is 0 Å². The van der Waals surface area contributed by atoms with Crippen LogP contribution >= 0.6 is 0 Å². The highest BCUT2D eigenvalue weighted by Crippen LogP contribution is 2.36. The van der Waals surface area contributed by atoms with Crippen LogP contribution in [0.25, 0.3) is 0 Å². The lowest BCUT2D eigenvalue weighted by Crippen LogP contribution is -2.28. The molecule has 0 aliphatic heterocycles. The lowest BCUT2D eigenvalue weighted by molar-refractivity contribution is 0.0284. The van der Waals surface area contributed by atoms with Crippen LogP contribution in [-0.4, -0.2) is 12.1 Å². The molecule has 0 amide bonds. The number of carbonyl (C=O) groups excluding carboxylic acids is 1. The highest BCUT2D eigenvalue weighted by molar-refractivity contribution is 5.89. The van der Waals surface area contributed by atoms with Gasteiger partial charge >= 0.3 is 5.97 Å². The maximum Gasteiger partial charge on any atom is 0.338 e. The molecule has 0 aromatic heterocycles. The Balaban J connectivity index is 2.06.